The Hall–Kier alpha value is -1.56. The lowest BCUT2D eigenvalue weighted by Gasteiger charge is -2.08. The molecule has 3 rings (SSSR count). The first-order valence-corrected chi connectivity index (χ1v) is 7.73. The van der Waals surface area contributed by atoms with E-state index in [0.717, 1.165) is 5.69 Å². The van der Waals surface area contributed by atoms with E-state index in [0.29, 0.717) is 26.4 Å². The molecule has 4 nitrogen and oxygen atoms in total. The SMILES string of the molecule is Cc1csc2nc(COc3cccc(Cl)c3Cl)cc(=O)n12. The van der Waals surface area contributed by atoms with Crippen LogP contribution in [0, 0.1) is 6.92 Å². The third kappa shape index (κ3) is 2.77. The maximum Gasteiger partial charge on any atom is 0.259 e. The number of nitrogens with zero attached hydrogens (tertiary/aromatic N) is 2. The number of halogens is 2. The van der Waals surface area contributed by atoms with Gasteiger partial charge in [-0.1, -0.05) is 29.3 Å². The molecule has 1 aromatic carbocycles. The highest BCUT2D eigenvalue weighted by Gasteiger charge is 2.09. The van der Waals surface area contributed by atoms with E-state index in [4.69, 9.17) is 27.9 Å². The number of hydrogen-bond donors (Lipinski definition) is 0. The van der Waals surface area contributed by atoms with Gasteiger partial charge in [0, 0.05) is 17.1 Å². The molecule has 0 aliphatic rings. The van der Waals surface area contributed by atoms with Crippen molar-refractivity contribution in [3.05, 3.63) is 61.4 Å². The molecule has 0 spiro atoms. The molecular formula is C14H10Cl2N2O2S. The van der Waals surface area contributed by atoms with Gasteiger partial charge < -0.3 is 4.74 Å². The number of aromatic nitrogens is 2. The molecule has 7 heteroatoms. The predicted molar refractivity (Wildman–Crippen MR) is 84.9 cm³/mol. The van der Waals surface area contributed by atoms with Gasteiger partial charge in [0.15, 0.2) is 4.96 Å². The molecule has 0 saturated carbocycles. The minimum absolute atomic E-state index is 0.116. The lowest BCUT2D eigenvalue weighted by atomic mass is 10.3. The third-order valence-electron chi connectivity index (χ3n) is 2.92. The smallest absolute Gasteiger partial charge is 0.259 e. The highest BCUT2D eigenvalue weighted by molar-refractivity contribution is 7.15. The lowest BCUT2D eigenvalue weighted by Crippen LogP contribution is -2.16. The standard InChI is InChI=1S/C14H10Cl2N2O2S/c1-8-7-21-14-17-9(5-12(19)18(8)14)6-20-11-4-2-3-10(15)13(11)16/h2-5,7H,6H2,1H3. The van der Waals surface area contributed by atoms with Crippen LogP contribution in [0.25, 0.3) is 4.96 Å². The van der Waals surface area contributed by atoms with E-state index in [1.807, 2.05) is 12.3 Å². The normalized spacial score (nSPS) is 11.0. The van der Waals surface area contributed by atoms with E-state index in [1.54, 1.807) is 22.6 Å². The molecule has 2 heterocycles. The quantitative estimate of drug-likeness (QED) is 0.725. The Balaban J connectivity index is 1.89. The summed E-state index contributed by atoms with van der Waals surface area (Å²) in [5.41, 5.74) is 1.31. The van der Waals surface area contributed by atoms with Gasteiger partial charge in [0.05, 0.1) is 10.7 Å². The van der Waals surface area contributed by atoms with Gasteiger partial charge in [-0.15, -0.1) is 11.3 Å². The second kappa shape index (κ2) is 5.67. The van der Waals surface area contributed by atoms with Crippen LogP contribution in [0.4, 0.5) is 0 Å². The number of fused-ring (bicyclic) bond motifs is 1. The van der Waals surface area contributed by atoms with Crippen molar-refractivity contribution in [3.8, 4) is 5.75 Å². The van der Waals surface area contributed by atoms with Crippen LogP contribution in [0.5, 0.6) is 5.75 Å². The van der Waals surface area contributed by atoms with Gasteiger partial charge in [-0.2, -0.15) is 0 Å². The first kappa shape index (κ1) is 14.4. The molecule has 0 aliphatic carbocycles. The zero-order chi connectivity index (χ0) is 15.0. The van der Waals surface area contributed by atoms with Crippen LogP contribution in [0.15, 0.2) is 34.4 Å². The second-order valence-electron chi connectivity index (χ2n) is 4.42. The fourth-order valence-electron chi connectivity index (χ4n) is 1.92. The van der Waals surface area contributed by atoms with Crippen LogP contribution in [-0.4, -0.2) is 9.38 Å². The molecule has 0 aliphatic heterocycles. The molecule has 3 aromatic rings. The zero-order valence-corrected chi connectivity index (χ0v) is 13.3. The summed E-state index contributed by atoms with van der Waals surface area (Å²) in [5, 5.41) is 2.66. The molecule has 0 atom stereocenters. The van der Waals surface area contributed by atoms with Crippen LogP contribution in [0.2, 0.25) is 10.0 Å². The molecule has 0 saturated heterocycles. The Kier molecular flexibility index (Phi) is 3.89. The van der Waals surface area contributed by atoms with Crippen molar-refractivity contribution in [1.29, 1.82) is 0 Å². The maximum atomic E-state index is 12.0. The number of thiazole rings is 1. The highest BCUT2D eigenvalue weighted by Crippen LogP contribution is 2.31. The van der Waals surface area contributed by atoms with E-state index < -0.39 is 0 Å². The van der Waals surface area contributed by atoms with Crippen molar-refractivity contribution in [2.75, 3.05) is 0 Å². The molecule has 0 unspecified atom stereocenters. The summed E-state index contributed by atoms with van der Waals surface area (Å²) in [7, 11) is 0. The fourth-order valence-corrected chi connectivity index (χ4v) is 3.16. The van der Waals surface area contributed by atoms with Crippen molar-refractivity contribution in [2.24, 2.45) is 0 Å². The van der Waals surface area contributed by atoms with Crippen molar-refractivity contribution < 1.29 is 4.74 Å². The Morgan fingerprint density at radius 2 is 2.19 bits per heavy atom. The lowest BCUT2D eigenvalue weighted by molar-refractivity contribution is 0.301. The molecule has 0 radical (unpaired) electrons. The Morgan fingerprint density at radius 1 is 1.38 bits per heavy atom. The van der Waals surface area contributed by atoms with Crippen LogP contribution in [-0.2, 0) is 6.61 Å². The average molecular weight is 341 g/mol. The Labute approximate surface area is 134 Å². The van der Waals surface area contributed by atoms with Gasteiger partial charge in [-0.05, 0) is 19.1 Å². The van der Waals surface area contributed by atoms with Gasteiger partial charge in [0.1, 0.15) is 17.4 Å². The number of aryl methyl sites for hydroxylation is 1. The monoisotopic (exact) mass is 340 g/mol. The van der Waals surface area contributed by atoms with E-state index >= 15 is 0 Å². The van der Waals surface area contributed by atoms with Gasteiger partial charge in [0.25, 0.3) is 5.56 Å². The molecule has 0 bridgehead atoms. The van der Waals surface area contributed by atoms with Gasteiger partial charge in [-0.3, -0.25) is 9.20 Å². The number of ether oxygens (including phenoxy) is 1. The third-order valence-corrected chi connectivity index (χ3v) is 4.67. The molecule has 2 aromatic heterocycles. The van der Waals surface area contributed by atoms with Gasteiger partial charge in [-0.25, -0.2) is 4.98 Å². The summed E-state index contributed by atoms with van der Waals surface area (Å²) in [4.78, 5) is 17.1. The largest absolute Gasteiger partial charge is 0.486 e. The minimum atomic E-state index is -0.116. The summed E-state index contributed by atoms with van der Waals surface area (Å²) < 4.78 is 7.16. The summed E-state index contributed by atoms with van der Waals surface area (Å²) in [6, 6.07) is 6.61. The number of benzene rings is 1. The average Bonchev–Trinajstić information content (AvgIpc) is 2.82. The molecular weight excluding hydrogens is 331 g/mol. The van der Waals surface area contributed by atoms with Crippen molar-refractivity contribution in [2.45, 2.75) is 13.5 Å². The Morgan fingerprint density at radius 3 is 3.00 bits per heavy atom. The van der Waals surface area contributed by atoms with Gasteiger partial charge in [0.2, 0.25) is 0 Å². The fraction of sp³-hybridized carbons (Fsp3) is 0.143. The van der Waals surface area contributed by atoms with E-state index in [9.17, 15) is 4.79 Å². The van der Waals surface area contributed by atoms with E-state index in [1.165, 1.54) is 17.4 Å². The molecule has 0 N–H and O–H groups in total. The first-order valence-electron chi connectivity index (χ1n) is 6.10. The number of rotatable bonds is 3. The molecule has 0 fully saturated rings. The van der Waals surface area contributed by atoms with E-state index in [-0.39, 0.29) is 12.2 Å². The van der Waals surface area contributed by atoms with Crippen LogP contribution in [0.3, 0.4) is 0 Å². The number of hydrogen-bond acceptors (Lipinski definition) is 4. The molecule has 0 amide bonds. The second-order valence-corrected chi connectivity index (χ2v) is 6.04. The van der Waals surface area contributed by atoms with Gasteiger partial charge >= 0.3 is 0 Å². The first-order chi connectivity index (χ1) is 10.1. The maximum absolute atomic E-state index is 12.0. The topological polar surface area (TPSA) is 43.6 Å². The summed E-state index contributed by atoms with van der Waals surface area (Å²) in [6.45, 7) is 2.03. The van der Waals surface area contributed by atoms with Crippen molar-refractivity contribution in [3.63, 3.8) is 0 Å². The van der Waals surface area contributed by atoms with Crippen molar-refractivity contribution >= 4 is 39.5 Å². The zero-order valence-electron chi connectivity index (χ0n) is 11.0. The Bertz CT molecular complexity index is 873. The highest BCUT2D eigenvalue weighted by atomic mass is 35.5. The van der Waals surface area contributed by atoms with Crippen LogP contribution >= 0.6 is 34.5 Å². The summed E-state index contributed by atoms with van der Waals surface area (Å²) >= 11 is 13.4. The van der Waals surface area contributed by atoms with Crippen LogP contribution < -0.4 is 10.3 Å². The minimum Gasteiger partial charge on any atom is -0.486 e. The molecule has 108 valence electrons. The summed E-state index contributed by atoms with van der Waals surface area (Å²) in [6.07, 6.45) is 0. The van der Waals surface area contributed by atoms with Crippen molar-refractivity contribution in [1.82, 2.24) is 9.38 Å². The van der Waals surface area contributed by atoms with E-state index in [2.05, 4.69) is 4.98 Å². The van der Waals surface area contributed by atoms with Crippen LogP contribution in [0.1, 0.15) is 11.4 Å². The predicted octanol–water partition coefficient (Wildman–Crippen LogP) is 3.95. The molecule has 21 heavy (non-hydrogen) atoms. The summed E-state index contributed by atoms with van der Waals surface area (Å²) in [5.74, 6) is 0.466.